The molecule has 1 aliphatic heterocycles. The lowest BCUT2D eigenvalue weighted by Gasteiger charge is -2.46. The maximum absolute atomic E-state index is 14.4. The maximum Gasteiger partial charge on any atom is 0.276 e. The molecule has 3 atom stereocenters. The quantitative estimate of drug-likeness (QED) is 0.552. The number of carbonyl (C=O) groups is 1. The Morgan fingerprint density at radius 1 is 1.18 bits per heavy atom. The van der Waals surface area contributed by atoms with E-state index in [9.17, 15) is 13.6 Å². The lowest BCUT2D eigenvalue weighted by atomic mass is 9.62. The second kappa shape index (κ2) is 8.32. The largest absolute Gasteiger partial charge is 0.364 e. The van der Waals surface area contributed by atoms with Crippen LogP contribution in [0.3, 0.4) is 0 Å². The Morgan fingerprint density at radius 3 is 2.70 bits per heavy atom. The first kappa shape index (κ1) is 21.7. The number of nitrogens with zero attached hydrogens (tertiary/aromatic N) is 4. The molecule has 172 valence electrons. The van der Waals surface area contributed by atoms with Crippen LogP contribution in [0.15, 0.2) is 41.1 Å². The number of carbonyl (C=O) groups excluding carboxylic acids is 1. The summed E-state index contributed by atoms with van der Waals surface area (Å²) in [4.78, 5) is 14.7. The Kier molecular flexibility index (Phi) is 5.46. The van der Waals surface area contributed by atoms with Gasteiger partial charge in [-0.2, -0.15) is 10.2 Å². The minimum atomic E-state index is -0.648. The highest BCUT2D eigenvalue weighted by Crippen LogP contribution is 2.48. The molecular formula is C25H26F2N4O2. The molecule has 33 heavy (non-hydrogen) atoms. The molecule has 1 aromatic carbocycles. The number of piperidine rings is 1. The standard InChI is InChI=1S/C25H26F2N4O2/c1-15-8-10-25(2,16-5-4-11-31(14-16)24(32)20-9-12-33-30-20)23-17(15)13-21(28-29-23)22-18(26)6-3-7-19(22)27/h3,6-7,9,12-13,15-16H,4-5,8,10-11,14H2,1-2H3/t15-,16-,25+/m0/s1. The summed E-state index contributed by atoms with van der Waals surface area (Å²) in [5.41, 5.74) is 1.96. The third kappa shape index (κ3) is 3.71. The second-order valence-electron chi connectivity index (χ2n) is 9.46. The Morgan fingerprint density at radius 2 is 1.97 bits per heavy atom. The molecule has 8 heteroatoms. The molecule has 2 aromatic heterocycles. The van der Waals surface area contributed by atoms with E-state index in [2.05, 4.69) is 29.2 Å². The van der Waals surface area contributed by atoms with Gasteiger partial charge < -0.3 is 9.42 Å². The summed E-state index contributed by atoms with van der Waals surface area (Å²) in [7, 11) is 0. The van der Waals surface area contributed by atoms with Crippen molar-refractivity contribution >= 4 is 5.91 Å². The third-order valence-electron chi connectivity index (χ3n) is 7.48. The number of aromatic nitrogens is 3. The normalized spacial score (nSPS) is 25.0. The van der Waals surface area contributed by atoms with Gasteiger partial charge in [0.15, 0.2) is 5.69 Å². The van der Waals surface area contributed by atoms with Crippen LogP contribution in [-0.2, 0) is 5.41 Å². The number of halogens is 2. The van der Waals surface area contributed by atoms with E-state index in [1.165, 1.54) is 24.5 Å². The van der Waals surface area contributed by atoms with Crippen LogP contribution in [0.25, 0.3) is 11.3 Å². The molecule has 1 amide bonds. The van der Waals surface area contributed by atoms with E-state index in [-0.39, 0.29) is 34.4 Å². The highest BCUT2D eigenvalue weighted by Gasteiger charge is 2.45. The molecule has 1 aliphatic carbocycles. The van der Waals surface area contributed by atoms with Gasteiger partial charge in [-0.15, -0.1) is 0 Å². The van der Waals surface area contributed by atoms with Gasteiger partial charge in [0.05, 0.1) is 17.0 Å². The van der Waals surface area contributed by atoms with Crippen LogP contribution in [0.4, 0.5) is 8.78 Å². The minimum Gasteiger partial charge on any atom is -0.364 e. The lowest BCUT2D eigenvalue weighted by Crippen LogP contribution is -2.48. The van der Waals surface area contributed by atoms with Crippen LogP contribution >= 0.6 is 0 Å². The molecule has 0 unspecified atom stereocenters. The molecule has 0 saturated carbocycles. The van der Waals surface area contributed by atoms with Gasteiger partial charge >= 0.3 is 0 Å². The Labute approximate surface area is 191 Å². The Balaban J connectivity index is 1.49. The number of hydrogen-bond donors (Lipinski definition) is 0. The van der Waals surface area contributed by atoms with Gasteiger partial charge in [-0.1, -0.05) is 25.1 Å². The maximum atomic E-state index is 14.4. The number of fused-ring (bicyclic) bond motifs is 1. The molecule has 1 saturated heterocycles. The summed E-state index contributed by atoms with van der Waals surface area (Å²) in [6, 6.07) is 7.19. The average molecular weight is 453 g/mol. The summed E-state index contributed by atoms with van der Waals surface area (Å²) in [6.07, 6.45) is 5.11. The zero-order valence-electron chi connectivity index (χ0n) is 18.7. The van der Waals surface area contributed by atoms with Crippen molar-refractivity contribution < 1.29 is 18.1 Å². The summed E-state index contributed by atoms with van der Waals surface area (Å²) < 4.78 is 33.6. The smallest absolute Gasteiger partial charge is 0.276 e. The van der Waals surface area contributed by atoms with E-state index in [0.29, 0.717) is 18.8 Å². The van der Waals surface area contributed by atoms with Gasteiger partial charge in [0.25, 0.3) is 5.91 Å². The molecule has 5 rings (SSSR count). The first-order chi connectivity index (χ1) is 15.9. The molecule has 6 nitrogen and oxygen atoms in total. The highest BCUT2D eigenvalue weighted by molar-refractivity contribution is 5.92. The first-order valence-electron chi connectivity index (χ1n) is 11.4. The summed E-state index contributed by atoms with van der Waals surface area (Å²) in [6.45, 7) is 5.58. The molecular weight excluding hydrogens is 426 g/mol. The molecule has 1 fully saturated rings. The zero-order valence-corrected chi connectivity index (χ0v) is 18.7. The number of hydrogen-bond acceptors (Lipinski definition) is 5. The van der Waals surface area contributed by atoms with Crippen LogP contribution in [0.2, 0.25) is 0 Å². The fourth-order valence-electron chi connectivity index (χ4n) is 5.44. The van der Waals surface area contributed by atoms with Crippen molar-refractivity contribution in [1.82, 2.24) is 20.3 Å². The molecule has 3 aromatic rings. The lowest BCUT2D eigenvalue weighted by molar-refractivity contribution is 0.0571. The third-order valence-corrected chi connectivity index (χ3v) is 7.48. The van der Waals surface area contributed by atoms with Gasteiger partial charge in [-0.3, -0.25) is 4.79 Å². The predicted octanol–water partition coefficient (Wildman–Crippen LogP) is 5.12. The molecule has 3 heterocycles. The van der Waals surface area contributed by atoms with Crippen molar-refractivity contribution in [1.29, 1.82) is 0 Å². The molecule has 0 N–H and O–H groups in total. The second-order valence-corrected chi connectivity index (χ2v) is 9.46. The summed E-state index contributed by atoms with van der Waals surface area (Å²) in [5, 5.41) is 12.6. The first-order valence-corrected chi connectivity index (χ1v) is 11.4. The average Bonchev–Trinajstić information content (AvgIpc) is 3.36. The van der Waals surface area contributed by atoms with Crippen molar-refractivity contribution in [2.24, 2.45) is 5.92 Å². The van der Waals surface area contributed by atoms with Crippen molar-refractivity contribution in [3.8, 4) is 11.3 Å². The van der Waals surface area contributed by atoms with Gasteiger partial charge in [0.2, 0.25) is 0 Å². The summed E-state index contributed by atoms with van der Waals surface area (Å²) in [5.74, 6) is -1.03. The van der Waals surface area contributed by atoms with E-state index in [1.807, 2.05) is 4.90 Å². The molecule has 0 spiro atoms. The monoisotopic (exact) mass is 452 g/mol. The van der Waals surface area contributed by atoms with Crippen LogP contribution in [0.5, 0.6) is 0 Å². The predicted molar refractivity (Wildman–Crippen MR) is 118 cm³/mol. The molecule has 2 aliphatic rings. The van der Waals surface area contributed by atoms with Crippen LogP contribution in [0, 0.1) is 17.6 Å². The van der Waals surface area contributed by atoms with E-state index in [0.717, 1.165) is 36.9 Å². The number of rotatable bonds is 3. The van der Waals surface area contributed by atoms with Gasteiger partial charge in [0, 0.05) is 24.6 Å². The van der Waals surface area contributed by atoms with Crippen LogP contribution in [-0.4, -0.2) is 39.3 Å². The van der Waals surface area contributed by atoms with Crippen molar-refractivity contribution in [2.45, 2.75) is 50.9 Å². The molecule has 0 bridgehead atoms. The van der Waals surface area contributed by atoms with Crippen molar-refractivity contribution in [2.75, 3.05) is 13.1 Å². The minimum absolute atomic E-state index is 0.127. The highest BCUT2D eigenvalue weighted by atomic mass is 19.1. The van der Waals surface area contributed by atoms with Gasteiger partial charge in [-0.05, 0) is 61.3 Å². The SMILES string of the molecule is C[C@H]1CC[C@](C)([C@H]2CCCN(C(=O)c3ccon3)C2)c2nnc(-c3c(F)cccc3F)cc21. The fraction of sp³-hybridized carbons (Fsp3) is 0.440. The van der Waals surface area contributed by atoms with E-state index >= 15 is 0 Å². The van der Waals surface area contributed by atoms with E-state index < -0.39 is 11.6 Å². The van der Waals surface area contributed by atoms with Crippen molar-refractivity contribution in [3.63, 3.8) is 0 Å². The van der Waals surface area contributed by atoms with Crippen LogP contribution in [0.1, 0.15) is 67.2 Å². The van der Waals surface area contributed by atoms with Gasteiger partial charge in [-0.25, -0.2) is 8.78 Å². The topological polar surface area (TPSA) is 72.1 Å². The fourth-order valence-corrected chi connectivity index (χ4v) is 5.44. The number of benzene rings is 1. The Bertz CT molecular complexity index is 1160. The van der Waals surface area contributed by atoms with Gasteiger partial charge in [0.1, 0.15) is 17.9 Å². The van der Waals surface area contributed by atoms with E-state index in [4.69, 9.17) is 4.52 Å². The van der Waals surface area contributed by atoms with E-state index in [1.54, 1.807) is 12.1 Å². The Hall–Kier alpha value is -3.16. The number of amides is 1. The number of likely N-dealkylation sites (tertiary alicyclic amines) is 1. The molecule has 0 radical (unpaired) electrons. The van der Waals surface area contributed by atoms with Crippen LogP contribution < -0.4 is 0 Å². The summed E-state index contributed by atoms with van der Waals surface area (Å²) >= 11 is 0. The zero-order chi connectivity index (χ0) is 23.2. The van der Waals surface area contributed by atoms with Crippen molar-refractivity contribution in [3.05, 3.63) is 65.2 Å².